The molecule has 4 heteroatoms. The molecule has 0 aromatic carbocycles. The first-order valence-corrected chi connectivity index (χ1v) is 2.67. The van der Waals surface area contributed by atoms with Gasteiger partial charge in [-0.1, -0.05) is 0 Å². The van der Waals surface area contributed by atoms with Gasteiger partial charge in [-0.3, -0.25) is 9.79 Å². The lowest BCUT2D eigenvalue weighted by Gasteiger charge is -2.01. The number of hydrogen-bond donors (Lipinski definition) is 2. The van der Waals surface area contributed by atoms with E-state index >= 15 is 0 Å². The number of amides is 1. The van der Waals surface area contributed by atoms with Gasteiger partial charge in [0.2, 0.25) is 5.91 Å². The van der Waals surface area contributed by atoms with Gasteiger partial charge in [0.1, 0.15) is 6.04 Å². The molecule has 1 unspecified atom stereocenters. The minimum absolute atomic E-state index is 0.128. The molecular weight excluding hydrogens is 118 g/mol. The summed E-state index contributed by atoms with van der Waals surface area (Å²) in [6.07, 6.45) is 1.12. The van der Waals surface area contributed by atoms with Gasteiger partial charge in [-0.05, 0) is 6.92 Å². The first kappa shape index (κ1) is 7.94. The zero-order valence-electron chi connectivity index (χ0n) is 5.59. The molecular formula is C5H11N3O. The fourth-order valence-corrected chi connectivity index (χ4v) is 0.406. The zero-order valence-corrected chi connectivity index (χ0v) is 5.59. The lowest BCUT2D eigenvalue weighted by molar-refractivity contribution is -0.121. The van der Waals surface area contributed by atoms with Crippen molar-refractivity contribution in [3.05, 3.63) is 0 Å². The van der Waals surface area contributed by atoms with Gasteiger partial charge in [0, 0.05) is 7.05 Å². The molecule has 0 aliphatic carbocycles. The molecule has 0 rings (SSSR count). The van der Waals surface area contributed by atoms with Crippen molar-refractivity contribution in [3.8, 4) is 0 Å². The predicted molar refractivity (Wildman–Crippen MR) is 36.2 cm³/mol. The van der Waals surface area contributed by atoms with E-state index in [2.05, 4.69) is 10.3 Å². The third-order valence-electron chi connectivity index (χ3n) is 0.936. The Bertz CT molecular complexity index is 121. The van der Waals surface area contributed by atoms with Crippen molar-refractivity contribution in [2.24, 2.45) is 10.7 Å². The van der Waals surface area contributed by atoms with Crippen LogP contribution < -0.4 is 11.1 Å². The molecule has 1 atom stereocenters. The molecule has 0 saturated carbocycles. The molecule has 0 radical (unpaired) electrons. The van der Waals surface area contributed by atoms with Gasteiger partial charge in [0.25, 0.3) is 0 Å². The van der Waals surface area contributed by atoms with Crippen molar-refractivity contribution in [2.75, 3.05) is 7.05 Å². The fourth-order valence-electron chi connectivity index (χ4n) is 0.406. The molecule has 0 aromatic heterocycles. The molecule has 0 spiro atoms. The molecule has 0 aliphatic heterocycles. The van der Waals surface area contributed by atoms with Gasteiger partial charge in [0.15, 0.2) is 0 Å². The van der Waals surface area contributed by atoms with E-state index in [4.69, 9.17) is 5.73 Å². The van der Waals surface area contributed by atoms with E-state index in [1.165, 1.54) is 0 Å². The molecule has 1 amide bonds. The van der Waals surface area contributed by atoms with Crippen LogP contribution in [0, 0.1) is 0 Å². The van der Waals surface area contributed by atoms with Crippen molar-refractivity contribution in [1.29, 1.82) is 0 Å². The van der Waals surface area contributed by atoms with Crippen LogP contribution in [0.3, 0.4) is 0 Å². The SMILES string of the molecule is CNC(=O)C(C)N=CN. The number of nitrogens with two attached hydrogens (primary N) is 1. The summed E-state index contributed by atoms with van der Waals surface area (Å²) in [5.41, 5.74) is 4.95. The molecule has 0 saturated heterocycles. The number of nitrogens with one attached hydrogen (secondary N) is 1. The molecule has 52 valence electrons. The summed E-state index contributed by atoms with van der Waals surface area (Å²) in [6.45, 7) is 1.67. The Balaban J connectivity index is 3.72. The van der Waals surface area contributed by atoms with Gasteiger partial charge in [-0.25, -0.2) is 0 Å². The average Bonchev–Trinajstić information content (AvgIpc) is 1.87. The van der Waals surface area contributed by atoms with Crippen LogP contribution in [0.5, 0.6) is 0 Å². The molecule has 9 heavy (non-hydrogen) atoms. The van der Waals surface area contributed by atoms with Crippen LogP contribution in [-0.4, -0.2) is 25.3 Å². The van der Waals surface area contributed by atoms with E-state index in [1.807, 2.05) is 0 Å². The van der Waals surface area contributed by atoms with Gasteiger partial charge >= 0.3 is 0 Å². The lowest BCUT2D eigenvalue weighted by Crippen LogP contribution is -2.28. The monoisotopic (exact) mass is 129 g/mol. The van der Waals surface area contributed by atoms with Crippen molar-refractivity contribution in [2.45, 2.75) is 13.0 Å². The summed E-state index contributed by atoms with van der Waals surface area (Å²) in [5, 5.41) is 2.44. The zero-order chi connectivity index (χ0) is 7.28. The number of aliphatic imine (C=N–C) groups is 1. The maximum atomic E-state index is 10.6. The molecule has 0 bridgehead atoms. The largest absolute Gasteiger partial charge is 0.390 e. The van der Waals surface area contributed by atoms with Gasteiger partial charge in [-0.15, -0.1) is 0 Å². The van der Waals surface area contributed by atoms with E-state index in [1.54, 1.807) is 14.0 Å². The van der Waals surface area contributed by atoms with Gasteiger partial charge in [-0.2, -0.15) is 0 Å². The maximum absolute atomic E-state index is 10.6. The first-order valence-electron chi connectivity index (χ1n) is 2.67. The topological polar surface area (TPSA) is 67.5 Å². The fraction of sp³-hybridized carbons (Fsp3) is 0.600. The highest BCUT2D eigenvalue weighted by molar-refractivity contribution is 5.82. The minimum atomic E-state index is -0.375. The number of rotatable bonds is 2. The van der Waals surface area contributed by atoms with Crippen molar-refractivity contribution >= 4 is 12.2 Å². The highest BCUT2D eigenvalue weighted by Gasteiger charge is 2.05. The highest BCUT2D eigenvalue weighted by Crippen LogP contribution is 1.84. The molecule has 0 aliphatic rings. The van der Waals surface area contributed by atoms with Crippen molar-refractivity contribution < 1.29 is 4.79 Å². The Labute approximate surface area is 54.1 Å². The van der Waals surface area contributed by atoms with Crippen LogP contribution in [0.25, 0.3) is 0 Å². The Kier molecular flexibility index (Phi) is 3.43. The molecule has 0 aromatic rings. The first-order chi connectivity index (χ1) is 4.22. The van der Waals surface area contributed by atoms with E-state index in [9.17, 15) is 4.79 Å². The summed E-state index contributed by atoms with van der Waals surface area (Å²) in [4.78, 5) is 14.3. The van der Waals surface area contributed by atoms with Gasteiger partial charge in [0.05, 0.1) is 6.34 Å². The molecule has 0 fully saturated rings. The van der Waals surface area contributed by atoms with Crippen LogP contribution >= 0.6 is 0 Å². The van der Waals surface area contributed by atoms with E-state index in [0.29, 0.717) is 0 Å². The third kappa shape index (κ3) is 2.69. The summed E-state index contributed by atoms with van der Waals surface area (Å²) >= 11 is 0. The van der Waals surface area contributed by atoms with Crippen LogP contribution in [-0.2, 0) is 4.79 Å². The van der Waals surface area contributed by atoms with E-state index in [-0.39, 0.29) is 11.9 Å². The average molecular weight is 129 g/mol. The molecule has 4 nitrogen and oxygen atoms in total. The second kappa shape index (κ2) is 3.88. The van der Waals surface area contributed by atoms with Gasteiger partial charge < -0.3 is 11.1 Å². The maximum Gasteiger partial charge on any atom is 0.244 e. The minimum Gasteiger partial charge on any atom is -0.390 e. The smallest absolute Gasteiger partial charge is 0.244 e. The normalized spacial score (nSPS) is 13.6. The van der Waals surface area contributed by atoms with Crippen molar-refractivity contribution in [1.82, 2.24) is 5.32 Å². The number of likely N-dealkylation sites (N-methyl/N-ethyl adjacent to an activating group) is 1. The lowest BCUT2D eigenvalue weighted by atomic mass is 10.3. The van der Waals surface area contributed by atoms with Crippen LogP contribution in [0.15, 0.2) is 4.99 Å². The highest BCUT2D eigenvalue weighted by atomic mass is 16.2. The Hall–Kier alpha value is -1.06. The van der Waals surface area contributed by atoms with Crippen molar-refractivity contribution in [3.63, 3.8) is 0 Å². The van der Waals surface area contributed by atoms with Crippen LogP contribution in [0.2, 0.25) is 0 Å². The third-order valence-corrected chi connectivity index (χ3v) is 0.936. The van der Waals surface area contributed by atoms with E-state index in [0.717, 1.165) is 6.34 Å². The number of nitrogens with zero attached hydrogens (tertiary/aromatic N) is 1. The Morgan fingerprint density at radius 2 is 2.44 bits per heavy atom. The second-order valence-electron chi connectivity index (χ2n) is 1.59. The predicted octanol–water partition coefficient (Wildman–Crippen LogP) is -0.892. The summed E-state index contributed by atoms with van der Waals surface area (Å²) in [6, 6.07) is -0.375. The molecule has 0 heterocycles. The number of carbonyl (C=O) groups is 1. The summed E-state index contributed by atoms with van der Waals surface area (Å²) in [5.74, 6) is -0.128. The summed E-state index contributed by atoms with van der Waals surface area (Å²) in [7, 11) is 1.56. The van der Waals surface area contributed by atoms with Crippen LogP contribution in [0.4, 0.5) is 0 Å². The Morgan fingerprint density at radius 1 is 1.89 bits per heavy atom. The second-order valence-corrected chi connectivity index (χ2v) is 1.59. The number of hydrogen-bond acceptors (Lipinski definition) is 2. The van der Waals surface area contributed by atoms with E-state index < -0.39 is 0 Å². The summed E-state index contributed by atoms with van der Waals surface area (Å²) < 4.78 is 0. The van der Waals surface area contributed by atoms with Crippen LogP contribution in [0.1, 0.15) is 6.92 Å². The quantitative estimate of drug-likeness (QED) is 0.375. The number of carbonyl (C=O) groups excluding carboxylic acids is 1. The molecule has 3 N–H and O–H groups in total. The standard InChI is InChI=1S/C5H11N3O/c1-4(8-3-6)5(9)7-2/h3-4H,1-2H3,(H2,6,8)(H,7,9). The Morgan fingerprint density at radius 3 is 2.78 bits per heavy atom.